The Balaban J connectivity index is 2.01. The molecule has 1 atom stereocenters. The van der Waals surface area contributed by atoms with Crippen molar-refractivity contribution >= 4 is 0 Å². The first-order valence-corrected chi connectivity index (χ1v) is 7.00. The van der Waals surface area contributed by atoms with Crippen molar-refractivity contribution in [2.24, 2.45) is 5.73 Å². The van der Waals surface area contributed by atoms with Crippen molar-refractivity contribution in [3.63, 3.8) is 0 Å². The number of rotatable bonds is 8. The smallest absolute Gasteiger partial charge is 0.231 e. The number of benzene rings is 1. The highest BCUT2D eigenvalue weighted by molar-refractivity contribution is 5.52. The van der Waals surface area contributed by atoms with E-state index in [2.05, 4.69) is 0 Å². The third-order valence-corrected chi connectivity index (χ3v) is 3.10. The molecule has 112 valence electrons. The zero-order valence-electron chi connectivity index (χ0n) is 12.2. The SMILES string of the molecule is COCCCCOc1cc2c(cc1CC(C)N)OCO2. The first-order chi connectivity index (χ1) is 9.70. The molecule has 1 aromatic carbocycles. The predicted molar refractivity (Wildman–Crippen MR) is 76.5 cm³/mol. The van der Waals surface area contributed by atoms with E-state index in [1.54, 1.807) is 7.11 Å². The number of hydrogen-bond donors (Lipinski definition) is 1. The molecular weight excluding hydrogens is 258 g/mol. The van der Waals surface area contributed by atoms with E-state index in [4.69, 9.17) is 24.7 Å². The second-order valence-electron chi connectivity index (χ2n) is 5.04. The summed E-state index contributed by atoms with van der Waals surface area (Å²) in [6.07, 6.45) is 2.70. The molecule has 2 N–H and O–H groups in total. The Labute approximate surface area is 120 Å². The van der Waals surface area contributed by atoms with Gasteiger partial charge in [0.1, 0.15) is 5.75 Å². The van der Waals surface area contributed by atoms with Gasteiger partial charge in [0.25, 0.3) is 0 Å². The Hall–Kier alpha value is -1.46. The lowest BCUT2D eigenvalue weighted by atomic mass is 10.1. The summed E-state index contributed by atoms with van der Waals surface area (Å²) in [5.41, 5.74) is 6.95. The van der Waals surface area contributed by atoms with Gasteiger partial charge in [-0.05, 0) is 37.8 Å². The van der Waals surface area contributed by atoms with Crippen LogP contribution in [-0.2, 0) is 11.2 Å². The Bertz CT molecular complexity index is 434. The standard InChI is InChI=1S/C15H23NO4/c1-11(16)7-12-8-14-15(20-10-19-14)9-13(12)18-6-4-3-5-17-2/h8-9,11H,3-7,10,16H2,1-2H3. The van der Waals surface area contributed by atoms with Crippen molar-refractivity contribution in [1.82, 2.24) is 0 Å². The number of fused-ring (bicyclic) bond motifs is 1. The minimum atomic E-state index is 0.0752. The van der Waals surface area contributed by atoms with E-state index in [9.17, 15) is 0 Å². The van der Waals surface area contributed by atoms with Gasteiger partial charge >= 0.3 is 0 Å². The molecule has 1 aliphatic heterocycles. The Morgan fingerprint density at radius 1 is 1.20 bits per heavy atom. The molecule has 5 heteroatoms. The van der Waals surface area contributed by atoms with E-state index < -0.39 is 0 Å². The summed E-state index contributed by atoms with van der Waals surface area (Å²) in [6, 6.07) is 3.94. The van der Waals surface area contributed by atoms with Crippen LogP contribution < -0.4 is 19.9 Å². The average molecular weight is 281 g/mol. The quantitative estimate of drug-likeness (QED) is 0.739. The van der Waals surface area contributed by atoms with Gasteiger partial charge in [-0.2, -0.15) is 0 Å². The highest BCUT2D eigenvalue weighted by Gasteiger charge is 2.18. The van der Waals surface area contributed by atoms with E-state index in [1.807, 2.05) is 19.1 Å². The monoisotopic (exact) mass is 281 g/mol. The van der Waals surface area contributed by atoms with Crippen molar-refractivity contribution < 1.29 is 18.9 Å². The first kappa shape index (κ1) is 14.9. The molecule has 2 rings (SSSR count). The van der Waals surface area contributed by atoms with Crippen LogP contribution in [0.25, 0.3) is 0 Å². The second-order valence-corrected chi connectivity index (χ2v) is 5.04. The van der Waals surface area contributed by atoms with E-state index in [0.29, 0.717) is 6.61 Å². The highest BCUT2D eigenvalue weighted by Crippen LogP contribution is 2.38. The molecule has 1 aliphatic rings. The van der Waals surface area contributed by atoms with Gasteiger partial charge in [-0.15, -0.1) is 0 Å². The van der Waals surface area contributed by atoms with Gasteiger partial charge in [0.05, 0.1) is 6.61 Å². The minimum Gasteiger partial charge on any atom is -0.493 e. The fourth-order valence-electron chi connectivity index (χ4n) is 2.14. The molecule has 0 bridgehead atoms. The topological polar surface area (TPSA) is 62.9 Å². The van der Waals surface area contributed by atoms with E-state index in [-0.39, 0.29) is 12.8 Å². The van der Waals surface area contributed by atoms with Crippen LogP contribution in [0, 0.1) is 0 Å². The van der Waals surface area contributed by atoms with Crippen molar-refractivity contribution in [2.75, 3.05) is 27.1 Å². The molecule has 5 nitrogen and oxygen atoms in total. The van der Waals surface area contributed by atoms with Crippen LogP contribution in [-0.4, -0.2) is 33.2 Å². The van der Waals surface area contributed by atoms with Gasteiger partial charge < -0.3 is 24.7 Å². The summed E-state index contributed by atoms with van der Waals surface area (Å²) < 4.78 is 21.7. The summed E-state index contributed by atoms with van der Waals surface area (Å²) in [4.78, 5) is 0. The molecule has 0 saturated carbocycles. The number of ether oxygens (including phenoxy) is 4. The number of hydrogen-bond acceptors (Lipinski definition) is 5. The lowest BCUT2D eigenvalue weighted by Crippen LogP contribution is -2.18. The van der Waals surface area contributed by atoms with Crippen LogP contribution >= 0.6 is 0 Å². The van der Waals surface area contributed by atoms with Crippen LogP contribution in [0.5, 0.6) is 17.2 Å². The van der Waals surface area contributed by atoms with Crippen LogP contribution in [0.4, 0.5) is 0 Å². The van der Waals surface area contributed by atoms with Gasteiger partial charge in [-0.3, -0.25) is 0 Å². The number of unbranched alkanes of at least 4 members (excludes halogenated alkanes) is 1. The fourth-order valence-corrected chi connectivity index (χ4v) is 2.14. The van der Waals surface area contributed by atoms with E-state index in [0.717, 1.165) is 48.7 Å². The molecule has 0 fully saturated rings. The van der Waals surface area contributed by atoms with Gasteiger partial charge in [0.2, 0.25) is 6.79 Å². The van der Waals surface area contributed by atoms with Gasteiger partial charge in [-0.1, -0.05) is 0 Å². The third-order valence-electron chi connectivity index (χ3n) is 3.10. The van der Waals surface area contributed by atoms with Gasteiger partial charge in [0.15, 0.2) is 11.5 Å². The number of nitrogens with two attached hydrogens (primary N) is 1. The first-order valence-electron chi connectivity index (χ1n) is 7.00. The van der Waals surface area contributed by atoms with E-state index >= 15 is 0 Å². The maximum absolute atomic E-state index is 5.89. The average Bonchev–Trinajstić information content (AvgIpc) is 2.85. The second kappa shape index (κ2) is 7.36. The molecule has 1 heterocycles. The zero-order chi connectivity index (χ0) is 14.4. The van der Waals surface area contributed by atoms with E-state index in [1.165, 1.54) is 0 Å². The molecule has 0 aliphatic carbocycles. The molecule has 0 saturated heterocycles. The summed E-state index contributed by atoms with van der Waals surface area (Å²) in [6.45, 7) is 3.67. The van der Waals surface area contributed by atoms with Crippen LogP contribution in [0.1, 0.15) is 25.3 Å². The lowest BCUT2D eigenvalue weighted by Gasteiger charge is -2.14. The van der Waals surface area contributed by atoms with Crippen molar-refractivity contribution in [3.05, 3.63) is 17.7 Å². The third kappa shape index (κ3) is 4.02. The maximum atomic E-state index is 5.89. The van der Waals surface area contributed by atoms with Crippen LogP contribution in [0.3, 0.4) is 0 Å². The van der Waals surface area contributed by atoms with Crippen molar-refractivity contribution in [2.45, 2.75) is 32.2 Å². The van der Waals surface area contributed by atoms with Crippen LogP contribution in [0.15, 0.2) is 12.1 Å². The Kier molecular flexibility index (Phi) is 5.49. The molecule has 0 aromatic heterocycles. The number of methoxy groups -OCH3 is 1. The molecule has 0 radical (unpaired) electrons. The molecular formula is C15H23NO4. The zero-order valence-corrected chi connectivity index (χ0v) is 12.2. The minimum absolute atomic E-state index is 0.0752. The molecule has 1 unspecified atom stereocenters. The van der Waals surface area contributed by atoms with Gasteiger partial charge in [-0.25, -0.2) is 0 Å². The fraction of sp³-hybridized carbons (Fsp3) is 0.600. The molecule has 1 aromatic rings. The van der Waals surface area contributed by atoms with Crippen LogP contribution in [0.2, 0.25) is 0 Å². The maximum Gasteiger partial charge on any atom is 0.231 e. The molecule has 0 spiro atoms. The summed E-state index contributed by atoms with van der Waals surface area (Å²) in [5.74, 6) is 2.35. The summed E-state index contributed by atoms with van der Waals surface area (Å²) >= 11 is 0. The van der Waals surface area contributed by atoms with Crippen molar-refractivity contribution in [3.8, 4) is 17.2 Å². The van der Waals surface area contributed by atoms with Crippen molar-refractivity contribution in [1.29, 1.82) is 0 Å². The highest BCUT2D eigenvalue weighted by atomic mass is 16.7. The lowest BCUT2D eigenvalue weighted by molar-refractivity contribution is 0.173. The Morgan fingerprint density at radius 3 is 2.60 bits per heavy atom. The normalized spacial score (nSPS) is 14.3. The Morgan fingerprint density at radius 2 is 1.90 bits per heavy atom. The predicted octanol–water partition coefficient (Wildman–Crippen LogP) is 2.11. The molecule has 0 amide bonds. The summed E-state index contributed by atoms with van der Waals surface area (Å²) in [7, 11) is 1.71. The molecule has 20 heavy (non-hydrogen) atoms. The summed E-state index contributed by atoms with van der Waals surface area (Å²) in [5, 5.41) is 0. The van der Waals surface area contributed by atoms with Gasteiger partial charge in [0, 0.05) is 25.8 Å². The largest absolute Gasteiger partial charge is 0.493 e.